The van der Waals surface area contributed by atoms with Gasteiger partial charge in [0.1, 0.15) is 23.9 Å². The van der Waals surface area contributed by atoms with Crippen LogP contribution in [0.15, 0.2) is 36.7 Å². The number of aliphatic hydroxyl groups excluding tert-OH is 1. The van der Waals surface area contributed by atoms with Gasteiger partial charge >= 0.3 is 0 Å². The van der Waals surface area contributed by atoms with Crippen LogP contribution in [0.3, 0.4) is 0 Å². The van der Waals surface area contributed by atoms with Crippen molar-refractivity contribution >= 4 is 39.9 Å². The minimum Gasteiger partial charge on any atom is -0.496 e. The van der Waals surface area contributed by atoms with E-state index in [0.717, 1.165) is 0 Å². The summed E-state index contributed by atoms with van der Waals surface area (Å²) in [6, 6.07) is 7.50. The van der Waals surface area contributed by atoms with Gasteiger partial charge < -0.3 is 25.8 Å². The molecule has 8 nitrogen and oxygen atoms in total. The van der Waals surface area contributed by atoms with Crippen molar-refractivity contribution in [2.45, 2.75) is 25.1 Å². The Bertz CT molecular complexity index is 1130. The zero-order chi connectivity index (χ0) is 22.0. The third kappa shape index (κ3) is 4.39. The van der Waals surface area contributed by atoms with Crippen LogP contribution in [0, 0.1) is 5.82 Å². The lowest BCUT2D eigenvalue weighted by Gasteiger charge is -2.17. The number of nitrogens with one attached hydrogen (secondary N) is 3. The number of amides is 1. The molecule has 10 heteroatoms. The van der Waals surface area contributed by atoms with E-state index in [4.69, 9.17) is 16.3 Å². The van der Waals surface area contributed by atoms with Crippen molar-refractivity contribution < 1.29 is 19.0 Å². The molecule has 0 bridgehead atoms. The molecule has 1 aliphatic heterocycles. The van der Waals surface area contributed by atoms with Crippen LogP contribution in [-0.2, 0) is 11.3 Å². The molecule has 2 heterocycles. The lowest BCUT2D eigenvalue weighted by molar-refractivity contribution is -0.124. The lowest BCUT2D eigenvalue weighted by atomic mass is 10.1. The predicted octanol–water partition coefficient (Wildman–Crippen LogP) is 2.51. The van der Waals surface area contributed by atoms with Crippen molar-refractivity contribution in [2.24, 2.45) is 0 Å². The van der Waals surface area contributed by atoms with Gasteiger partial charge in [0, 0.05) is 23.6 Å². The van der Waals surface area contributed by atoms with Gasteiger partial charge in [0.05, 0.1) is 29.4 Å². The van der Waals surface area contributed by atoms with Gasteiger partial charge in [-0.1, -0.05) is 17.7 Å². The Kier molecular flexibility index (Phi) is 6.17. The topological polar surface area (TPSA) is 108 Å². The van der Waals surface area contributed by atoms with Gasteiger partial charge in [-0.05, 0) is 31.2 Å². The minimum absolute atomic E-state index is 0.00357. The molecule has 0 spiro atoms. The maximum absolute atomic E-state index is 14.3. The number of carbonyl (C=O) groups is 1. The Morgan fingerprint density at radius 2 is 2.23 bits per heavy atom. The molecule has 162 valence electrons. The normalized spacial score (nSPS) is 18.2. The van der Waals surface area contributed by atoms with Crippen molar-refractivity contribution in [1.82, 2.24) is 20.6 Å². The number of aromatic nitrogens is 2. The Morgan fingerprint density at radius 1 is 1.39 bits per heavy atom. The number of anilines is 2. The lowest BCUT2D eigenvalue weighted by Crippen LogP contribution is -2.45. The van der Waals surface area contributed by atoms with E-state index >= 15 is 0 Å². The van der Waals surface area contributed by atoms with Gasteiger partial charge in [0.25, 0.3) is 0 Å². The van der Waals surface area contributed by atoms with Crippen molar-refractivity contribution in [3.63, 3.8) is 0 Å². The highest BCUT2D eigenvalue weighted by molar-refractivity contribution is 6.31. The standard InChI is InChI=1S/C21H21ClFN5O3/c1-31-17-8-15-12(7-11(17)9-25-21(30)19-16(29)5-6-24-19)20(27-10-26-15)28-14-4-2-3-13(22)18(14)23/h2-4,7-8,10,16,19,24,29H,5-6,9H2,1H3,(H,25,30)(H,26,27,28)/t16-,19-/m0/s1. The second kappa shape index (κ2) is 9.01. The van der Waals surface area contributed by atoms with E-state index in [9.17, 15) is 14.3 Å². The summed E-state index contributed by atoms with van der Waals surface area (Å²) in [6.07, 6.45) is 1.18. The molecule has 0 unspecified atom stereocenters. The van der Waals surface area contributed by atoms with Gasteiger partial charge in [-0.25, -0.2) is 14.4 Å². The van der Waals surface area contributed by atoms with Crippen LogP contribution in [0.5, 0.6) is 5.75 Å². The maximum Gasteiger partial charge on any atom is 0.240 e. The predicted molar refractivity (Wildman–Crippen MR) is 115 cm³/mol. The molecule has 2 atom stereocenters. The van der Waals surface area contributed by atoms with Crippen LogP contribution in [-0.4, -0.2) is 46.8 Å². The van der Waals surface area contributed by atoms with Gasteiger partial charge in [-0.2, -0.15) is 0 Å². The molecule has 0 aliphatic carbocycles. The molecule has 1 aromatic heterocycles. The summed E-state index contributed by atoms with van der Waals surface area (Å²) in [4.78, 5) is 20.9. The zero-order valence-corrected chi connectivity index (χ0v) is 17.4. The van der Waals surface area contributed by atoms with E-state index in [1.54, 1.807) is 24.3 Å². The third-order valence-electron chi connectivity index (χ3n) is 5.17. The molecular weight excluding hydrogens is 425 g/mol. The smallest absolute Gasteiger partial charge is 0.240 e. The molecule has 2 aromatic carbocycles. The summed E-state index contributed by atoms with van der Waals surface area (Å²) in [5.74, 6) is 0.0379. The van der Waals surface area contributed by atoms with Crippen LogP contribution < -0.4 is 20.7 Å². The third-order valence-corrected chi connectivity index (χ3v) is 5.46. The first-order valence-electron chi connectivity index (χ1n) is 9.69. The average molecular weight is 446 g/mol. The highest BCUT2D eigenvalue weighted by Crippen LogP contribution is 2.31. The molecular formula is C21H21ClFN5O3. The summed E-state index contributed by atoms with van der Waals surface area (Å²) in [7, 11) is 1.52. The average Bonchev–Trinajstić information content (AvgIpc) is 3.20. The highest BCUT2D eigenvalue weighted by Gasteiger charge is 2.30. The van der Waals surface area contributed by atoms with Crippen LogP contribution in [0.4, 0.5) is 15.9 Å². The molecule has 4 N–H and O–H groups in total. The summed E-state index contributed by atoms with van der Waals surface area (Å²) >= 11 is 5.87. The number of carbonyl (C=O) groups excluding carboxylic acids is 1. The molecule has 1 fully saturated rings. The van der Waals surface area contributed by atoms with Gasteiger partial charge in [0.2, 0.25) is 5.91 Å². The van der Waals surface area contributed by atoms with Crippen LogP contribution in [0.2, 0.25) is 5.02 Å². The van der Waals surface area contributed by atoms with Gasteiger partial charge in [-0.3, -0.25) is 4.79 Å². The first-order valence-corrected chi connectivity index (χ1v) is 10.1. The van der Waals surface area contributed by atoms with Crippen molar-refractivity contribution in [2.75, 3.05) is 19.0 Å². The fraction of sp³-hybridized carbons (Fsp3) is 0.286. The van der Waals surface area contributed by atoms with Crippen LogP contribution in [0.25, 0.3) is 10.9 Å². The van der Waals surface area contributed by atoms with Crippen molar-refractivity contribution in [1.29, 1.82) is 0 Å². The SMILES string of the molecule is COc1cc2ncnc(Nc3cccc(Cl)c3F)c2cc1CNC(=O)[C@H]1NCC[C@@H]1O. The molecule has 0 radical (unpaired) electrons. The summed E-state index contributed by atoms with van der Waals surface area (Å²) in [5.41, 5.74) is 1.44. The number of aliphatic hydroxyl groups is 1. The van der Waals surface area contributed by atoms with E-state index < -0.39 is 18.0 Å². The largest absolute Gasteiger partial charge is 0.496 e. The summed E-state index contributed by atoms with van der Waals surface area (Å²) in [6.45, 7) is 0.758. The number of nitrogens with zero attached hydrogens (tertiary/aromatic N) is 2. The number of fused-ring (bicyclic) bond motifs is 1. The first-order chi connectivity index (χ1) is 15.0. The Morgan fingerprint density at radius 3 is 2.97 bits per heavy atom. The Hall–Kier alpha value is -3.01. The molecule has 4 rings (SSSR count). The fourth-order valence-corrected chi connectivity index (χ4v) is 3.71. The quantitative estimate of drug-likeness (QED) is 0.461. The number of hydrogen-bond acceptors (Lipinski definition) is 7. The Labute approximate surface area is 182 Å². The number of ether oxygens (including phenoxy) is 1. The highest BCUT2D eigenvalue weighted by atomic mass is 35.5. The molecule has 3 aromatic rings. The Balaban J connectivity index is 1.63. The number of methoxy groups -OCH3 is 1. The summed E-state index contributed by atoms with van der Waals surface area (Å²) in [5, 5.41) is 19.3. The van der Waals surface area contributed by atoms with E-state index in [-0.39, 0.29) is 23.2 Å². The zero-order valence-electron chi connectivity index (χ0n) is 16.7. The monoisotopic (exact) mass is 445 g/mol. The van der Waals surface area contributed by atoms with Gasteiger partial charge in [0.15, 0.2) is 5.82 Å². The second-order valence-electron chi connectivity index (χ2n) is 7.14. The van der Waals surface area contributed by atoms with Crippen LogP contribution >= 0.6 is 11.6 Å². The van der Waals surface area contributed by atoms with Crippen molar-refractivity contribution in [3.05, 3.63) is 53.1 Å². The van der Waals surface area contributed by atoms with E-state index in [2.05, 4.69) is 25.9 Å². The van der Waals surface area contributed by atoms with E-state index in [1.807, 2.05) is 0 Å². The van der Waals surface area contributed by atoms with Crippen LogP contribution in [0.1, 0.15) is 12.0 Å². The second-order valence-corrected chi connectivity index (χ2v) is 7.54. The maximum atomic E-state index is 14.3. The fourth-order valence-electron chi connectivity index (χ4n) is 3.53. The molecule has 1 saturated heterocycles. The minimum atomic E-state index is -0.713. The number of rotatable bonds is 6. The molecule has 31 heavy (non-hydrogen) atoms. The molecule has 0 saturated carbocycles. The van der Waals surface area contributed by atoms with E-state index in [1.165, 1.54) is 19.5 Å². The summed E-state index contributed by atoms with van der Waals surface area (Å²) < 4.78 is 19.8. The molecule has 1 amide bonds. The first kappa shape index (κ1) is 21.2. The van der Waals surface area contributed by atoms with Gasteiger partial charge in [-0.15, -0.1) is 0 Å². The number of benzene rings is 2. The number of hydrogen-bond donors (Lipinski definition) is 4. The van der Waals surface area contributed by atoms with Crippen molar-refractivity contribution in [3.8, 4) is 5.75 Å². The number of halogens is 2. The van der Waals surface area contributed by atoms with E-state index in [0.29, 0.717) is 41.0 Å². The molecule has 1 aliphatic rings.